The van der Waals surface area contributed by atoms with Crippen molar-refractivity contribution in [2.75, 3.05) is 19.6 Å². The zero-order valence-electron chi connectivity index (χ0n) is 13.8. The van der Waals surface area contributed by atoms with Crippen molar-refractivity contribution in [2.24, 2.45) is 0 Å². The molecule has 0 bridgehead atoms. The molecule has 2 heterocycles. The van der Waals surface area contributed by atoms with E-state index in [0.717, 1.165) is 12.1 Å². The normalized spacial score (nSPS) is 18.7. The summed E-state index contributed by atoms with van der Waals surface area (Å²) < 4.78 is 5.78. The summed E-state index contributed by atoms with van der Waals surface area (Å²) in [5.41, 5.74) is 0.996. The monoisotopic (exact) mass is 379 g/mol. The first-order valence-corrected chi connectivity index (χ1v) is 8.85. The van der Waals surface area contributed by atoms with Crippen molar-refractivity contribution in [2.45, 2.75) is 19.1 Å². The number of pyridine rings is 1. The minimum absolute atomic E-state index is 0.0733. The summed E-state index contributed by atoms with van der Waals surface area (Å²) in [4.78, 5) is 18.9. The zero-order chi connectivity index (χ0) is 17.8. The molecule has 1 saturated heterocycles. The number of halogens is 2. The Balaban J connectivity index is 1.76. The van der Waals surface area contributed by atoms with Gasteiger partial charge in [0.25, 0.3) is 5.91 Å². The number of piperazine rings is 1. The Kier molecular flexibility index (Phi) is 5.78. The van der Waals surface area contributed by atoms with Gasteiger partial charge in [0.2, 0.25) is 0 Å². The molecule has 1 aliphatic rings. The Labute approximate surface area is 156 Å². The maximum Gasteiger partial charge on any atom is 0.263 e. The highest BCUT2D eigenvalue weighted by molar-refractivity contribution is 6.42. The standard InChI is InChI=1S/C18H19Cl2N3O2/c1-12(25-16-6-2-5-14(19)17(16)20)18(24)23-9-8-22-11-15(23)13-4-3-7-21-10-13/h2-7,10,12,15,22H,8-9,11H2,1H3. The Hall–Kier alpha value is -1.82. The Morgan fingerprint density at radius 2 is 2.20 bits per heavy atom. The lowest BCUT2D eigenvalue weighted by Crippen LogP contribution is -2.52. The number of ether oxygens (including phenoxy) is 1. The average molecular weight is 380 g/mol. The number of benzene rings is 1. The van der Waals surface area contributed by atoms with E-state index in [9.17, 15) is 4.79 Å². The summed E-state index contributed by atoms with van der Waals surface area (Å²) >= 11 is 12.2. The van der Waals surface area contributed by atoms with Gasteiger partial charge >= 0.3 is 0 Å². The Morgan fingerprint density at radius 3 is 2.96 bits per heavy atom. The molecule has 1 aliphatic heterocycles. The smallest absolute Gasteiger partial charge is 0.263 e. The van der Waals surface area contributed by atoms with Crippen LogP contribution >= 0.6 is 23.2 Å². The number of rotatable bonds is 4. The predicted molar refractivity (Wildman–Crippen MR) is 98.1 cm³/mol. The van der Waals surface area contributed by atoms with Gasteiger partial charge in [-0.15, -0.1) is 0 Å². The van der Waals surface area contributed by atoms with Gasteiger partial charge in [0.1, 0.15) is 10.8 Å². The zero-order valence-corrected chi connectivity index (χ0v) is 15.3. The van der Waals surface area contributed by atoms with Gasteiger partial charge in [0.15, 0.2) is 6.10 Å². The minimum Gasteiger partial charge on any atom is -0.479 e. The molecule has 1 amide bonds. The molecule has 2 atom stereocenters. The van der Waals surface area contributed by atoms with Crippen LogP contribution in [0.15, 0.2) is 42.7 Å². The highest BCUT2D eigenvalue weighted by atomic mass is 35.5. The van der Waals surface area contributed by atoms with Crippen LogP contribution in [0.2, 0.25) is 10.0 Å². The Morgan fingerprint density at radius 1 is 1.36 bits per heavy atom. The van der Waals surface area contributed by atoms with Crippen LogP contribution in [0.3, 0.4) is 0 Å². The van der Waals surface area contributed by atoms with Gasteiger partial charge < -0.3 is 15.0 Å². The lowest BCUT2D eigenvalue weighted by molar-refractivity contribution is -0.141. The van der Waals surface area contributed by atoms with Gasteiger partial charge in [-0.1, -0.05) is 35.3 Å². The number of amides is 1. The van der Waals surface area contributed by atoms with Gasteiger partial charge in [-0.3, -0.25) is 9.78 Å². The summed E-state index contributed by atoms with van der Waals surface area (Å²) in [5, 5.41) is 4.03. The molecule has 5 nitrogen and oxygen atoms in total. The Bertz CT molecular complexity index is 742. The van der Waals surface area contributed by atoms with Crippen molar-refractivity contribution in [3.8, 4) is 5.75 Å². The number of carbonyl (C=O) groups excluding carboxylic acids is 1. The molecule has 2 unspecified atom stereocenters. The molecule has 2 aromatic rings. The summed E-state index contributed by atoms with van der Waals surface area (Å²) in [5.74, 6) is 0.314. The summed E-state index contributed by atoms with van der Waals surface area (Å²) in [6.45, 7) is 3.76. The lowest BCUT2D eigenvalue weighted by Gasteiger charge is -2.37. The second-order valence-corrected chi connectivity index (χ2v) is 6.64. The fraction of sp³-hybridized carbons (Fsp3) is 0.333. The van der Waals surface area contributed by atoms with Crippen molar-refractivity contribution < 1.29 is 9.53 Å². The fourth-order valence-electron chi connectivity index (χ4n) is 2.89. The SMILES string of the molecule is CC(Oc1cccc(Cl)c1Cl)C(=O)N1CCNCC1c1cccnc1. The number of aromatic nitrogens is 1. The van der Waals surface area contributed by atoms with Gasteiger partial charge in [-0.25, -0.2) is 0 Å². The largest absolute Gasteiger partial charge is 0.479 e. The maximum atomic E-state index is 13.0. The first-order valence-electron chi connectivity index (χ1n) is 8.09. The van der Waals surface area contributed by atoms with E-state index in [1.165, 1.54) is 0 Å². The number of carbonyl (C=O) groups is 1. The van der Waals surface area contributed by atoms with Gasteiger partial charge in [0.05, 0.1) is 11.1 Å². The molecule has 0 radical (unpaired) electrons. The van der Waals surface area contributed by atoms with Crippen molar-refractivity contribution in [1.82, 2.24) is 15.2 Å². The van der Waals surface area contributed by atoms with Crippen molar-refractivity contribution in [3.05, 3.63) is 58.3 Å². The van der Waals surface area contributed by atoms with Gasteiger partial charge in [0, 0.05) is 32.0 Å². The van der Waals surface area contributed by atoms with Crippen LogP contribution in [-0.2, 0) is 4.79 Å². The fourth-order valence-corrected chi connectivity index (χ4v) is 3.22. The van der Waals surface area contributed by atoms with E-state index in [-0.39, 0.29) is 11.9 Å². The van der Waals surface area contributed by atoms with E-state index in [4.69, 9.17) is 27.9 Å². The number of nitrogens with zero attached hydrogens (tertiary/aromatic N) is 2. The number of nitrogens with one attached hydrogen (secondary N) is 1. The molecule has 1 aromatic heterocycles. The number of hydrogen-bond acceptors (Lipinski definition) is 4. The van der Waals surface area contributed by atoms with Crippen LogP contribution < -0.4 is 10.1 Å². The van der Waals surface area contributed by atoms with Crippen molar-refractivity contribution >= 4 is 29.1 Å². The third-order valence-corrected chi connectivity index (χ3v) is 4.96. The van der Waals surface area contributed by atoms with E-state index < -0.39 is 6.10 Å². The van der Waals surface area contributed by atoms with Crippen LogP contribution in [-0.4, -0.2) is 41.5 Å². The van der Waals surface area contributed by atoms with E-state index in [0.29, 0.717) is 28.9 Å². The molecule has 1 aromatic carbocycles. The second kappa shape index (κ2) is 8.04. The highest BCUT2D eigenvalue weighted by Gasteiger charge is 2.32. The molecular weight excluding hydrogens is 361 g/mol. The molecule has 0 spiro atoms. The molecule has 0 aliphatic carbocycles. The third-order valence-electron chi connectivity index (χ3n) is 4.16. The molecule has 7 heteroatoms. The first-order chi connectivity index (χ1) is 12.1. The molecule has 1 N–H and O–H groups in total. The quantitative estimate of drug-likeness (QED) is 0.884. The van der Waals surface area contributed by atoms with Gasteiger partial charge in [-0.05, 0) is 30.7 Å². The van der Waals surface area contributed by atoms with E-state index in [2.05, 4.69) is 10.3 Å². The topological polar surface area (TPSA) is 54.5 Å². The molecule has 25 heavy (non-hydrogen) atoms. The predicted octanol–water partition coefficient (Wildman–Crippen LogP) is 3.33. The summed E-state index contributed by atoms with van der Waals surface area (Å²) in [7, 11) is 0. The lowest BCUT2D eigenvalue weighted by atomic mass is 10.0. The van der Waals surface area contributed by atoms with Crippen LogP contribution in [0.1, 0.15) is 18.5 Å². The minimum atomic E-state index is -0.673. The third kappa shape index (κ3) is 4.06. The van der Waals surface area contributed by atoms with Crippen LogP contribution in [0.25, 0.3) is 0 Å². The molecule has 0 saturated carbocycles. The maximum absolute atomic E-state index is 13.0. The van der Waals surface area contributed by atoms with Crippen LogP contribution in [0.5, 0.6) is 5.75 Å². The van der Waals surface area contributed by atoms with Gasteiger partial charge in [-0.2, -0.15) is 0 Å². The van der Waals surface area contributed by atoms with Crippen molar-refractivity contribution in [1.29, 1.82) is 0 Å². The van der Waals surface area contributed by atoms with Crippen LogP contribution in [0, 0.1) is 0 Å². The summed E-state index contributed by atoms with van der Waals surface area (Å²) in [6.07, 6.45) is 2.84. The molecule has 1 fully saturated rings. The summed E-state index contributed by atoms with van der Waals surface area (Å²) in [6, 6.07) is 8.90. The van der Waals surface area contributed by atoms with Crippen molar-refractivity contribution in [3.63, 3.8) is 0 Å². The average Bonchev–Trinajstić information content (AvgIpc) is 2.65. The van der Waals surface area contributed by atoms with Crippen LogP contribution in [0.4, 0.5) is 0 Å². The first kappa shape index (κ1) is 18.0. The van der Waals surface area contributed by atoms with E-state index >= 15 is 0 Å². The molecular formula is C18H19Cl2N3O2. The van der Waals surface area contributed by atoms with E-state index in [1.54, 1.807) is 37.5 Å². The highest BCUT2D eigenvalue weighted by Crippen LogP contribution is 2.32. The van der Waals surface area contributed by atoms with E-state index in [1.807, 2.05) is 17.0 Å². The second-order valence-electron chi connectivity index (χ2n) is 5.85. The molecule has 132 valence electrons. The molecule has 3 rings (SSSR count). The number of hydrogen-bond donors (Lipinski definition) is 1.